The molecule has 0 radical (unpaired) electrons. The fraction of sp³-hybridized carbons (Fsp3) is 0.619. The van der Waals surface area contributed by atoms with Crippen molar-refractivity contribution in [2.45, 2.75) is 54.1 Å². The Morgan fingerprint density at radius 1 is 1.03 bits per heavy atom. The molecule has 1 heterocycles. The summed E-state index contributed by atoms with van der Waals surface area (Å²) in [5, 5.41) is 0. The van der Waals surface area contributed by atoms with Gasteiger partial charge in [-0.2, -0.15) is 0 Å². The van der Waals surface area contributed by atoms with Crippen LogP contribution in [0.4, 0.5) is 4.79 Å². The zero-order valence-corrected chi connectivity index (χ0v) is 20.6. The molecule has 0 saturated heterocycles. The molecular weight excluding hydrogens is 503 g/mol. The SMILES string of the molecule is CC[n+]1ccccc1CN(C(C)=O)C(=O)OCCOCCCOC(=O)C(C)(C)C.[I-]. The molecule has 0 unspecified atom stereocenters. The number of esters is 1. The lowest BCUT2D eigenvalue weighted by Crippen LogP contribution is -3.00. The molecule has 9 heteroatoms. The highest BCUT2D eigenvalue weighted by atomic mass is 127. The van der Waals surface area contributed by atoms with Gasteiger partial charge in [0.25, 0.3) is 0 Å². The summed E-state index contributed by atoms with van der Waals surface area (Å²) in [5.74, 6) is -0.637. The monoisotopic (exact) mass is 536 g/mol. The Morgan fingerprint density at radius 2 is 1.73 bits per heavy atom. The summed E-state index contributed by atoms with van der Waals surface area (Å²) in [7, 11) is 0. The van der Waals surface area contributed by atoms with Crippen LogP contribution in [0, 0.1) is 5.41 Å². The second-order valence-corrected chi connectivity index (χ2v) is 7.55. The van der Waals surface area contributed by atoms with E-state index in [1.165, 1.54) is 6.92 Å². The topological polar surface area (TPSA) is 86.0 Å². The molecule has 1 aromatic rings. The largest absolute Gasteiger partial charge is 1.00 e. The molecule has 0 aliphatic rings. The summed E-state index contributed by atoms with van der Waals surface area (Å²) < 4.78 is 17.6. The van der Waals surface area contributed by atoms with Crippen LogP contribution in [0.3, 0.4) is 0 Å². The number of hydrogen-bond acceptors (Lipinski definition) is 6. The van der Waals surface area contributed by atoms with E-state index in [0.717, 1.165) is 17.1 Å². The van der Waals surface area contributed by atoms with E-state index < -0.39 is 11.5 Å². The first kappa shape index (κ1) is 28.2. The van der Waals surface area contributed by atoms with Crippen LogP contribution in [0.5, 0.6) is 0 Å². The maximum atomic E-state index is 12.3. The zero-order chi connectivity index (χ0) is 21.9. The molecule has 0 saturated carbocycles. The van der Waals surface area contributed by atoms with E-state index in [2.05, 4.69) is 0 Å². The molecule has 0 aliphatic heterocycles. The zero-order valence-electron chi connectivity index (χ0n) is 18.5. The second kappa shape index (κ2) is 14.3. The number of hydrogen-bond donors (Lipinski definition) is 0. The third-order valence-electron chi connectivity index (χ3n) is 4.03. The van der Waals surface area contributed by atoms with Crippen molar-refractivity contribution in [3.63, 3.8) is 0 Å². The smallest absolute Gasteiger partial charge is 0.417 e. The molecule has 30 heavy (non-hydrogen) atoms. The van der Waals surface area contributed by atoms with Gasteiger partial charge >= 0.3 is 12.1 Å². The highest BCUT2D eigenvalue weighted by Crippen LogP contribution is 2.15. The molecule has 0 aliphatic carbocycles. The number of aromatic nitrogens is 1. The quantitative estimate of drug-likeness (QED) is 0.173. The Kier molecular flexibility index (Phi) is 13.5. The fourth-order valence-corrected chi connectivity index (χ4v) is 2.34. The van der Waals surface area contributed by atoms with Gasteiger partial charge in [0.1, 0.15) is 19.7 Å². The lowest BCUT2D eigenvalue weighted by Gasteiger charge is -2.18. The number of ether oxygens (including phenoxy) is 3. The van der Waals surface area contributed by atoms with Crippen LogP contribution in [0.1, 0.15) is 46.7 Å². The molecule has 1 rings (SSSR count). The van der Waals surface area contributed by atoms with Gasteiger partial charge < -0.3 is 38.2 Å². The highest BCUT2D eigenvalue weighted by Gasteiger charge is 2.24. The first-order valence-electron chi connectivity index (χ1n) is 9.84. The van der Waals surface area contributed by atoms with Crippen LogP contribution in [0.2, 0.25) is 0 Å². The number of imide groups is 1. The number of amides is 2. The summed E-state index contributed by atoms with van der Waals surface area (Å²) >= 11 is 0. The summed E-state index contributed by atoms with van der Waals surface area (Å²) in [4.78, 5) is 36.8. The average molecular weight is 536 g/mol. The minimum atomic E-state index is -0.702. The van der Waals surface area contributed by atoms with Gasteiger partial charge in [0.05, 0.1) is 18.6 Å². The van der Waals surface area contributed by atoms with Gasteiger partial charge in [-0.15, -0.1) is 0 Å². The van der Waals surface area contributed by atoms with E-state index in [-0.39, 0.29) is 62.2 Å². The number of aryl methyl sites for hydroxylation is 1. The molecular formula is C21H33IN2O6. The highest BCUT2D eigenvalue weighted by molar-refractivity contribution is 5.90. The summed E-state index contributed by atoms with van der Waals surface area (Å²) in [6.07, 6.45) is 1.75. The summed E-state index contributed by atoms with van der Waals surface area (Å²) in [6, 6.07) is 5.62. The van der Waals surface area contributed by atoms with Gasteiger partial charge in [-0.3, -0.25) is 9.59 Å². The minimum Gasteiger partial charge on any atom is -1.00 e. The molecule has 1 aromatic heterocycles. The van der Waals surface area contributed by atoms with Crippen LogP contribution in [-0.4, -0.2) is 49.3 Å². The summed E-state index contributed by atoms with van der Waals surface area (Å²) in [5.41, 5.74) is 0.316. The van der Waals surface area contributed by atoms with Gasteiger partial charge in [0.15, 0.2) is 6.20 Å². The van der Waals surface area contributed by atoms with Crippen LogP contribution in [0.15, 0.2) is 24.4 Å². The first-order chi connectivity index (χ1) is 13.7. The van der Waals surface area contributed by atoms with Gasteiger partial charge in [-0.25, -0.2) is 14.3 Å². The molecule has 170 valence electrons. The van der Waals surface area contributed by atoms with Gasteiger partial charge in [0, 0.05) is 32.1 Å². The van der Waals surface area contributed by atoms with Crippen LogP contribution >= 0.6 is 0 Å². The molecule has 0 N–H and O–H groups in total. The lowest BCUT2D eigenvalue weighted by atomic mass is 9.97. The van der Waals surface area contributed by atoms with Gasteiger partial charge in [0.2, 0.25) is 11.6 Å². The Hall–Kier alpha value is -1.75. The molecule has 0 spiro atoms. The van der Waals surface area contributed by atoms with Crippen molar-refractivity contribution in [1.29, 1.82) is 0 Å². The molecule has 0 atom stereocenters. The number of halogens is 1. The van der Waals surface area contributed by atoms with E-state index in [4.69, 9.17) is 14.2 Å². The van der Waals surface area contributed by atoms with Crippen LogP contribution in [-0.2, 0) is 36.9 Å². The van der Waals surface area contributed by atoms with E-state index in [1.807, 2.05) is 35.9 Å². The Morgan fingerprint density at radius 3 is 2.33 bits per heavy atom. The number of nitrogens with zero attached hydrogens (tertiary/aromatic N) is 2. The molecule has 8 nitrogen and oxygen atoms in total. The molecule has 0 fully saturated rings. The summed E-state index contributed by atoms with van der Waals surface area (Å²) in [6.45, 7) is 10.5. The number of carbonyl (C=O) groups is 3. The van der Waals surface area contributed by atoms with Crippen molar-refractivity contribution in [3.8, 4) is 0 Å². The van der Waals surface area contributed by atoms with Crippen LogP contribution in [0.25, 0.3) is 0 Å². The average Bonchev–Trinajstić information content (AvgIpc) is 2.66. The van der Waals surface area contributed by atoms with Crippen molar-refractivity contribution >= 4 is 18.0 Å². The molecule has 0 bridgehead atoms. The Labute approximate surface area is 195 Å². The maximum absolute atomic E-state index is 12.3. The predicted molar refractivity (Wildman–Crippen MR) is 106 cm³/mol. The van der Waals surface area contributed by atoms with Gasteiger partial charge in [-0.1, -0.05) is 6.07 Å². The lowest BCUT2D eigenvalue weighted by molar-refractivity contribution is -0.701. The molecule has 0 aromatic carbocycles. The number of carbonyl (C=O) groups excluding carboxylic acids is 3. The first-order valence-corrected chi connectivity index (χ1v) is 9.84. The third-order valence-corrected chi connectivity index (χ3v) is 4.03. The number of rotatable bonds is 10. The normalized spacial score (nSPS) is 10.7. The van der Waals surface area contributed by atoms with Crippen molar-refractivity contribution in [3.05, 3.63) is 30.1 Å². The van der Waals surface area contributed by atoms with Crippen LogP contribution < -0.4 is 28.5 Å². The Balaban J connectivity index is 0.00000841. The second-order valence-electron chi connectivity index (χ2n) is 7.55. The number of pyridine rings is 1. The maximum Gasteiger partial charge on any atom is 0.417 e. The van der Waals surface area contributed by atoms with E-state index in [9.17, 15) is 14.4 Å². The van der Waals surface area contributed by atoms with E-state index in [0.29, 0.717) is 13.0 Å². The Bertz CT molecular complexity index is 690. The van der Waals surface area contributed by atoms with Crippen molar-refractivity contribution in [1.82, 2.24) is 4.90 Å². The van der Waals surface area contributed by atoms with Crippen molar-refractivity contribution < 1.29 is 57.1 Å². The fourth-order valence-electron chi connectivity index (χ4n) is 2.34. The standard InChI is InChI=1S/C21H33N2O6.HI/c1-6-22-11-8-7-10-18(22)16-23(17(2)24)20(26)29-15-14-27-12-9-13-28-19(25)21(3,4)5;/h7-8,10-11H,6,9,12-16H2,1-5H3;1H/q+1;/p-1. The van der Waals surface area contributed by atoms with E-state index in [1.54, 1.807) is 20.8 Å². The third kappa shape index (κ3) is 10.3. The predicted octanol–water partition coefficient (Wildman–Crippen LogP) is -0.521. The van der Waals surface area contributed by atoms with E-state index >= 15 is 0 Å². The molecule has 2 amide bonds. The minimum absolute atomic E-state index is 0. The van der Waals surface area contributed by atoms with Crippen molar-refractivity contribution in [2.75, 3.05) is 26.4 Å². The van der Waals surface area contributed by atoms with Crippen molar-refractivity contribution in [2.24, 2.45) is 5.41 Å². The van der Waals surface area contributed by atoms with Gasteiger partial charge in [-0.05, 0) is 27.7 Å².